The van der Waals surface area contributed by atoms with Crippen LogP contribution in [-0.4, -0.2) is 62.2 Å². The van der Waals surface area contributed by atoms with Gasteiger partial charge in [0, 0.05) is 26.3 Å². The fourth-order valence-electron chi connectivity index (χ4n) is 5.19. The van der Waals surface area contributed by atoms with Crippen molar-refractivity contribution in [1.29, 1.82) is 0 Å². The van der Waals surface area contributed by atoms with E-state index in [2.05, 4.69) is 48.4 Å². The van der Waals surface area contributed by atoms with E-state index in [4.69, 9.17) is 9.47 Å². The standard InChI is InChI=1S/C29H47N3O4/c1-4-18-36-25-10-8-24(9-11-25)22-32-16-13-29(14-17-32)12-5-6-19-35-20-7-15-30-27(33)26(21-23(2)3)31-28(29)34/h8-11,23,26H,4-7,12-22H2,1-3H3,(H,30,33)(H,31,34)/t26-/m0/s1. The lowest BCUT2D eigenvalue weighted by Crippen LogP contribution is -2.55. The van der Waals surface area contributed by atoms with Crippen LogP contribution >= 0.6 is 0 Å². The monoisotopic (exact) mass is 501 g/mol. The lowest BCUT2D eigenvalue weighted by molar-refractivity contribution is -0.138. The predicted octanol–water partition coefficient (Wildman–Crippen LogP) is 4.30. The summed E-state index contributed by atoms with van der Waals surface area (Å²) in [7, 11) is 0. The molecule has 3 rings (SSSR count). The summed E-state index contributed by atoms with van der Waals surface area (Å²) in [6.07, 6.45) is 6.84. The van der Waals surface area contributed by atoms with Crippen LogP contribution in [0.2, 0.25) is 0 Å². The lowest BCUT2D eigenvalue weighted by atomic mass is 9.73. The van der Waals surface area contributed by atoms with Gasteiger partial charge in [-0.2, -0.15) is 0 Å². The maximum Gasteiger partial charge on any atom is 0.242 e. The minimum Gasteiger partial charge on any atom is -0.494 e. The molecule has 2 aliphatic heterocycles. The quantitative estimate of drug-likeness (QED) is 0.583. The molecular formula is C29H47N3O4. The van der Waals surface area contributed by atoms with E-state index >= 15 is 0 Å². The summed E-state index contributed by atoms with van der Waals surface area (Å²) in [4.78, 5) is 29.1. The topological polar surface area (TPSA) is 79.9 Å². The fraction of sp³-hybridized carbons (Fsp3) is 0.724. The Morgan fingerprint density at radius 1 is 1.06 bits per heavy atom. The van der Waals surface area contributed by atoms with Gasteiger partial charge in [0.25, 0.3) is 0 Å². The number of benzene rings is 1. The molecule has 0 unspecified atom stereocenters. The number of carbonyl (C=O) groups is 2. The van der Waals surface area contributed by atoms with Gasteiger partial charge >= 0.3 is 0 Å². The third-order valence-corrected chi connectivity index (χ3v) is 7.38. The molecule has 0 bridgehead atoms. The van der Waals surface area contributed by atoms with E-state index in [1.165, 1.54) is 5.56 Å². The Hall–Kier alpha value is -2.12. The maximum atomic E-state index is 13.7. The van der Waals surface area contributed by atoms with Gasteiger partial charge in [0.1, 0.15) is 11.8 Å². The Morgan fingerprint density at radius 3 is 2.47 bits per heavy atom. The van der Waals surface area contributed by atoms with Crippen LogP contribution in [0.15, 0.2) is 24.3 Å². The summed E-state index contributed by atoms with van der Waals surface area (Å²) >= 11 is 0. The van der Waals surface area contributed by atoms with Crippen LogP contribution < -0.4 is 15.4 Å². The van der Waals surface area contributed by atoms with E-state index in [1.54, 1.807) is 0 Å². The van der Waals surface area contributed by atoms with Crippen LogP contribution in [0.1, 0.15) is 77.7 Å². The van der Waals surface area contributed by atoms with Crippen LogP contribution in [-0.2, 0) is 20.9 Å². The van der Waals surface area contributed by atoms with Crippen LogP contribution in [0.25, 0.3) is 0 Å². The highest BCUT2D eigenvalue weighted by Gasteiger charge is 2.42. The first kappa shape index (κ1) is 28.5. The van der Waals surface area contributed by atoms with Gasteiger partial charge in [-0.15, -0.1) is 0 Å². The highest BCUT2D eigenvalue weighted by Crippen LogP contribution is 2.38. The largest absolute Gasteiger partial charge is 0.494 e. The number of likely N-dealkylation sites (tertiary alicyclic amines) is 1. The number of amides is 2. The molecule has 0 aliphatic carbocycles. The zero-order valence-corrected chi connectivity index (χ0v) is 22.7. The van der Waals surface area contributed by atoms with Gasteiger partial charge in [0.15, 0.2) is 0 Å². The summed E-state index contributed by atoms with van der Waals surface area (Å²) in [6.45, 7) is 11.6. The van der Waals surface area contributed by atoms with Crippen LogP contribution in [0.3, 0.4) is 0 Å². The summed E-state index contributed by atoms with van der Waals surface area (Å²) in [6, 6.07) is 7.88. The molecule has 1 aromatic carbocycles. The number of rotatable bonds is 7. The van der Waals surface area contributed by atoms with Crippen molar-refractivity contribution in [3.8, 4) is 5.75 Å². The molecule has 1 aromatic rings. The third-order valence-electron chi connectivity index (χ3n) is 7.38. The number of nitrogens with one attached hydrogen (secondary N) is 2. The van der Waals surface area contributed by atoms with Gasteiger partial charge in [-0.3, -0.25) is 14.5 Å². The molecule has 0 aromatic heterocycles. The predicted molar refractivity (Wildman–Crippen MR) is 143 cm³/mol. The minimum atomic E-state index is -0.482. The summed E-state index contributed by atoms with van der Waals surface area (Å²) in [5, 5.41) is 6.19. The second kappa shape index (κ2) is 14.6. The second-order valence-electron chi connectivity index (χ2n) is 10.9. The molecule has 2 aliphatic rings. The fourth-order valence-corrected chi connectivity index (χ4v) is 5.19. The first-order chi connectivity index (χ1) is 17.4. The highest BCUT2D eigenvalue weighted by molar-refractivity contribution is 5.90. The van der Waals surface area contributed by atoms with E-state index in [-0.39, 0.29) is 11.8 Å². The van der Waals surface area contributed by atoms with Gasteiger partial charge in [0.05, 0.1) is 12.0 Å². The van der Waals surface area contributed by atoms with Gasteiger partial charge < -0.3 is 20.1 Å². The molecular weight excluding hydrogens is 454 g/mol. The molecule has 0 radical (unpaired) electrons. The van der Waals surface area contributed by atoms with E-state index < -0.39 is 11.5 Å². The average Bonchev–Trinajstić information content (AvgIpc) is 2.87. The van der Waals surface area contributed by atoms with Crippen LogP contribution in [0.5, 0.6) is 5.75 Å². The SMILES string of the molecule is CCCOc1ccc(CN2CCC3(CCCCOCCCNC(=O)[C@H](CC(C)C)NC3=O)CC2)cc1. The number of hydrogen-bond acceptors (Lipinski definition) is 5. The number of piperidine rings is 1. The molecule has 2 saturated heterocycles. The first-order valence-electron chi connectivity index (χ1n) is 14.0. The molecule has 2 amide bonds. The van der Waals surface area contributed by atoms with Gasteiger partial charge in [0.2, 0.25) is 11.8 Å². The van der Waals surface area contributed by atoms with Gasteiger partial charge in [-0.1, -0.05) is 39.3 Å². The molecule has 202 valence electrons. The van der Waals surface area contributed by atoms with E-state index in [0.29, 0.717) is 32.1 Å². The van der Waals surface area contributed by atoms with Crippen LogP contribution in [0.4, 0.5) is 0 Å². The molecule has 1 atom stereocenters. The summed E-state index contributed by atoms with van der Waals surface area (Å²) in [5.41, 5.74) is 0.838. The minimum absolute atomic E-state index is 0.0540. The average molecular weight is 502 g/mol. The third kappa shape index (κ3) is 8.77. The van der Waals surface area contributed by atoms with Crippen LogP contribution in [0, 0.1) is 11.3 Å². The van der Waals surface area contributed by atoms with Crippen molar-refractivity contribution < 1.29 is 19.1 Å². The zero-order chi connectivity index (χ0) is 25.8. The normalized spacial score (nSPS) is 22.6. The summed E-state index contributed by atoms with van der Waals surface area (Å²) in [5.74, 6) is 1.21. The number of hydrogen-bond donors (Lipinski definition) is 2. The van der Waals surface area contributed by atoms with E-state index in [1.807, 2.05) is 12.1 Å². The highest BCUT2D eigenvalue weighted by atomic mass is 16.5. The molecule has 0 saturated carbocycles. The van der Waals surface area contributed by atoms with Crippen molar-refractivity contribution in [2.75, 3.05) is 39.5 Å². The second-order valence-corrected chi connectivity index (χ2v) is 10.9. The lowest BCUT2D eigenvalue weighted by Gasteiger charge is -2.41. The van der Waals surface area contributed by atoms with Crippen molar-refractivity contribution in [3.63, 3.8) is 0 Å². The Balaban J connectivity index is 1.64. The number of nitrogens with zero attached hydrogens (tertiary/aromatic N) is 1. The zero-order valence-electron chi connectivity index (χ0n) is 22.7. The number of ether oxygens (including phenoxy) is 2. The molecule has 2 N–H and O–H groups in total. The Bertz CT molecular complexity index is 803. The smallest absolute Gasteiger partial charge is 0.242 e. The maximum absolute atomic E-state index is 13.7. The number of carbonyl (C=O) groups excluding carboxylic acids is 2. The Kier molecular flexibility index (Phi) is 11.5. The van der Waals surface area contributed by atoms with E-state index in [0.717, 1.165) is 76.9 Å². The summed E-state index contributed by atoms with van der Waals surface area (Å²) < 4.78 is 11.5. The molecule has 1 spiro atoms. The van der Waals surface area contributed by atoms with Gasteiger partial charge in [-0.25, -0.2) is 0 Å². The van der Waals surface area contributed by atoms with Crippen molar-refractivity contribution in [2.24, 2.45) is 11.3 Å². The van der Waals surface area contributed by atoms with Crippen molar-refractivity contribution in [3.05, 3.63) is 29.8 Å². The molecule has 7 nitrogen and oxygen atoms in total. The van der Waals surface area contributed by atoms with E-state index in [9.17, 15) is 9.59 Å². The molecule has 7 heteroatoms. The molecule has 2 heterocycles. The molecule has 36 heavy (non-hydrogen) atoms. The van der Waals surface area contributed by atoms with Crippen molar-refractivity contribution in [2.45, 2.75) is 84.7 Å². The van der Waals surface area contributed by atoms with Gasteiger partial charge in [-0.05, 0) is 81.6 Å². The molecule has 2 fully saturated rings. The first-order valence-corrected chi connectivity index (χ1v) is 14.0. The van der Waals surface area contributed by atoms with Crippen molar-refractivity contribution in [1.82, 2.24) is 15.5 Å². The van der Waals surface area contributed by atoms with Crippen molar-refractivity contribution >= 4 is 11.8 Å². The Labute approximate surface area is 217 Å². The Morgan fingerprint density at radius 2 is 1.78 bits per heavy atom.